The number of piperidine rings is 1. The molecule has 3 fully saturated rings. The third-order valence-corrected chi connectivity index (χ3v) is 13.1. The predicted molar refractivity (Wildman–Crippen MR) is 161 cm³/mol. The Labute approximate surface area is 238 Å². The van der Waals surface area contributed by atoms with Crippen LogP contribution in [0.1, 0.15) is 57.1 Å². The van der Waals surface area contributed by atoms with E-state index in [4.69, 9.17) is 0 Å². The summed E-state index contributed by atoms with van der Waals surface area (Å²) in [5, 5.41) is 0. The van der Waals surface area contributed by atoms with Gasteiger partial charge in [-0.15, -0.1) is 0 Å². The zero-order valence-corrected chi connectivity index (χ0v) is 24.2. The van der Waals surface area contributed by atoms with Crippen molar-refractivity contribution in [1.82, 2.24) is 4.31 Å². The monoisotopic (exact) mass is 551 g/mol. The number of carbonyl (C=O) groups is 1. The van der Waals surface area contributed by atoms with E-state index in [2.05, 4.69) is 86.7 Å². The van der Waals surface area contributed by atoms with E-state index in [9.17, 15) is 13.2 Å². The van der Waals surface area contributed by atoms with E-state index in [1.165, 1.54) is 33.4 Å². The Hall–Kier alpha value is -3.02. The molecule has 0 radical (unpaired) electrons. The van der Waals surface area contributed by atoms with E-state index < -0.39 is 15.4 Å². The molecule has 0 unspecified atom stereocenters. The van der Waals surface area contributed by atoms with Gasteiger partial charge in [-0.25, -0.2) is 12.7 Å². The quantitative estimate of drug-likeness (QED) is 0.340. The second-order valence-electron chi connectivity index (χ2n) is 13.0. The van der Waals surface area contributed by atoms with Crippen LogP contribution in [0.5, 0.6) is 0 Å². The number of allylic oxidation sites excluding steroid dienone is 1. The van der Waals surface area contributed by atoms with Gasteiger partial charge >= 0.3 is 0 Å². The van der Waals surface area contributed by atoms with Crippen LogP contribution in [0.25, 0.3) is 28.3 Å². The summed E-state index contributed by atoms with van der Waals surface area (Å²) in [5.74, 6) is 0.459. The van der Waals surface area contributed by atoms with Gasteiger partial charge in [-0.3, -0.25) is 4.79 Å². The number of hydrogen-bond donors (Lipinski definition) is 0. The van der Waals surface area contributed by atoms with Gasteiger partial charge in [0.25, 0.3) is 0 Å². The number of Topliss-reactive ketones (excluding diaryl/α,β-unsaturated/α-hetero) is 1. The Bertz CT molecular complexity index is 1620. The Morgan fingerprint density at radius 3 is 2.00 bits per heavy atom. The standard InChI is InChI=1S/C35H37NO3S/c1-33(2)28-14-16-35(33,32(37)22-28)24-40(38,39)36-19-17-34(18-20-36)15-13-27-21-29(25-9-5-3-6-10-25)30(23-31(27)34)26-11-7-4-8-12-26/h3-13,15,21,23,28H,14,16-20,22,24H2,1-2H3/t28-,35-/m1/s1. The summed E-state index contributed by atoms with van der Waals surface area (Å²) in [6.07, 6.45) is 8.27. The van der Waals surface area contributed by atoms with Gasteiger partial charge in [-0.2, -0.15) is 0 Å². The molecule has 1 spiro atoms. The lowest BCUT2D eigenvalue weighted by atomic mass is 9.70. The van der Waals surface area contributed by atoms with Crippen molar-refractivity contribution in [3.05, 3.63) is 90.0 Å². The number of fused-ring (bicyclic) bond motifs is 4. The van der Waals surface area contributed by atoms with E-state index in [0.29, 0.717) is 31.8 Å². The molecule has 3 aliphatic carbocycles. The predicted octanol–water partition coefficient (Wildman–Crippen LogP) is 7.11. The molecule has 4 aliphatic rings. The van der Waals surface area contributed by atoms with Crippen molar-refractivity contribution in [2.75, 3.05) is 18.8 Å². The maximum atomic E-state index is 13.8. The fraction of sp³-hybridized carbons (Fsp3) is 0.400. The lowest BCUT2D eigenvalue weighted by Crippen LogP contribution is -2.50. The first kappa shape index (κ1) is 25.9. The zero-order valence-electron chi connectivity index (χ0n) is 23.4. The number of ketones is 1. The number of carbonyl (C=O) groups excluding carboxylic acids is 1. The molecule has 3 aromatic rings. The van der Waals surface area contributed by atoms with Crippen LogP contribution in [0.4, 0.5) is 0 Å². The van der Waals surface area contributed by atoms with Crippen LogP contribution >= 0.6 is 0 Å². The molecule has 0 amide bonds. The topological polar surface area (TPSA) is 54.5 Å². The maximum absolute atomic E-state index is 13.8. The molecule has 2 saturated carbocycles. The zero-order chi connectivity index (χ0) is 27.8. The summed E-state index contributed by atoms with van der Waals surface area (Å²) >= 11 is 0. The summed E-state index contributed by atoms with van der Waals surface area (Å²) in [5.41, 5.74) is 6.19. The minimum absolute atomic E-state index is 0.0274. The molecule has 1 heterocycles. The van der Waals surface area contributed by atoms with Crippen LogP contribution in [-0.2, 0) is 20.2 Å². The molecule has 1 aliphatic heterocycles. The second-order valence-corrected chi connectivity index (χ2v) is 15.0. The Morgan fingerprint density at radius 2 is 1.45 bits per heavy atom. The van der Waals surface area contributed by atoms with Crippen LogP contribution in [0, 0.1) is 16.7 Å². The van der Waals surface area contributed by atoms with Gasteiger partial charge in [0.1, 0.15) is 5.78 Å². The van der Waals surface area contributed by atoms with Crippen LogP contribution < -0.4 is 0 Å². The van der Waals surface area contributed by atoms with Crippen molar-refractivity contribution in [2.45, 2.75) is 51.4 Å². The molecule has 3 aromatic carbocycles. The first-order valence-electron chi connectivity index (χ1n) is 14.7. The van der Waals surface area contributed by atoms with Gasteiger partial charge in [-0.1, -0.05) is 86.7 Å². The third kappa shape index (κ3) is 3.74. The molecule has 40 heavy (non-hydrogen) atoms. The molecule has 7 rings (SSSR count). The molecular formula is C35H37NO3S. The van der Waals surface area contributed by atoms with Crippen LogP contribution in [0.2, 0.25) is 0 Å². The van der Waals surface area contributed by atoms with Crippen LogP contribution in [-0.4, -0.2) is 37.3 Å². The van der Waals surface area contributed by atoms with E-state index >= 15 is 0 Å². The molecular weight excluding hydrogens is 514 g/mol. The highest BCUT2D eigenvalue weighted by Gasteiger charge is 2.65. The fourth-order valence-electron chi connectivity index (χ4n) is 8.35. The molecule has 0 N–H and O–H groups in total. The van der Waals surface area contributed by atoms with Crippen molar-refractivity contribution < 1.29 is 13.2 Å². The second kappa shape index (κ2) is 8.99. The van der Waals surface area contributed by atoms with Gasteiger partial charge in [-0.05, 0) is 82.5 Å². The molecule has 0 aromatic heterocycles. The van der Waals surface area contributed by atoms with Crippen molar-refractivity contribution in [2.24, 2.45) is 16.7 Å². The highest BCUT2D eigenvalue weighted by Crippen LogP contribution is 2.64. The van der Waals surface area contributed by atoms with E-state index in [1.54, 1.807) is 4.31 Å². The minimum Gasteiger partial charge on any atom is -0.299 e. The maximum Gasteiger partial charge on any atom is 0.215 e. The summed E-state index contributed by atoms with van der Waals surface area (Å²) in [7, 11) is -3.54. The molecule has 4 nitrogen and oxygen atoms in total. The number of rotatable bonds is 5. The average molecular weight is 552 g/mol. The molecule has 2 bridgehead atoms. The first-order chi connectivity index (χ1) is 19.2. The summed E-state index contributed by atoms with van der Waals surface area (Å²) in [4.78, 5) is 13.1. The Morgan fingerprint density at radius 1 is 0.850 bits per heavy atom. The van der Waals surface area contributed by atoms with Gasteiger partial charge in [0.15, 0.2) is 0 Å². The number of sulfonamides is 1. The lowest BCUT2D eigenvalue weighted by molar-refractivity contribution is -0.128. The van der Waals surface area contributed by atoms with Crippen LogP contribution in [0.3, 0.4) is 0 Å². The lowest BCUT2D eigenvalue weighted by Gasteiger charge is -2.41. The smallest absolute Gasteiger partial charge is 0.215 e. The number of hydrogen-bond acceptors (Lipinski definition) is 3. The van der Waals surface area contributed by atoms with Gasteiger partial charge in [0.05, 0.1) is 5.75 Å². The Kier molecular flexibility index (Phi) is 5.82. The highest BCUT2D eigenvalue weighted by atomic mass is 32.2. The van der Waals surface area contributed by atoms with E-state index in [1.807, 2.05) is 12.1 Å². The summed E-state index contributed by atoms with van der Waals surface area (Å²) in [6, 6.07) is 25.7. The summed E-state index contributed by atoms with van der Waals surface area (Å²) in [6.45, 7) is 5.21. The number of nitrogens with zero attached hydrogens (tertiary/aromatic N) is 1. The minimum atomic E-state index is -3.54. The van der Waals surface area contributed by atoms with E-state index in [0.717, 1.165) is 19.3 Å². The molecule has 1 saturated heterocycles. The van der Waals surface area contributed by atoms with Crippen molar-refractivity contribution >= 4 is 21.9 Å². The largest absolute Gasteiger partial charge is 0.299 e. The molecule has 206 valence electrons. The van der Waals surface area contributed by atoms with Crippen molar-refractivity contribution in [1.29, 1.82) is 0 Å². The van der Waals surface area contributed by atoms with Crippen molar-refractivity contribution in [3.8, 4) is 22.3 Å². The average Bonchev–Trinajstić information content (AvgIpc) is 3.49. The number of benzene rings is 3. The molecule has 2 atom stereocenters. The van der Waals surface area contributed by atoms with Crippen molar-refractivity contribution in [3.63, 3.8) is 0 Å². The van der Waals surface area contributed by atoms with Gasteiger partial charge in [0, 0.05) is 30.3 Å². The highest BCUT2D eigenvalue weighted by molar-refractivity contribution is 7.89. The Balaban J connectivity index is 1.19. The summed E-state index contributed by atoms with van der Waals surface area (Å²) < 4.78 is 29.3. The van der Waals surface area contributed by atoms with Gasteiger partial charge in [0.2, 0.25) is 10.0 Å². The first-order valence-corrected chi connectivity index (χ1v) is 16.3. The molecule has 5 heteroatoms. The normalized spacial score (nSPS) is 26.4. The van der Waals surface area contributed by atoms with E-state index in [-0.39, 0.29) is 22.4 Å². The third-order valence-electron chi connectivity index (χ3n) is 11.1. The fourth-order valence-corrected chi connectivity index (χ4v) is 10.6. The van der Waals surface area contributed by atoms with Gasteiger partial charge < -0.3 is 0 Å². The SMILES string of the molecule is CC1(C)[C@@H]2CC[C@@]1(CS(=O)(=O)N1CCC3(C=Cc4cc(-c5ccccc5)c(-c5ccccc5)cc43)CC1)C(=O)C2. The van der Waals surface area contributed by atoms with Crippen LogP contribution in [0.15, 0.2) is 78.9 Å².